The number of hydrogen-bond acceptors (Lipinski definition) is 3. The lowest BCUT2D eigenvalue weighted by molar-refractivity contribution is 0.0695. The fourth-order valence-corrected chi connectivity index (χ4v) is 1.62. The summed E-state index contributed by atoms with van der Waals surface area (Å²) in [7, 11) is 3.37. The molecular formula is C9H9N3O3. The number of nitrogens with zero attached hydrogens (tertiary/aromatic N) is 3. The lowest BCUT2D eigenvalue weighted by atomic mass is 10.2. The van der Waals surface area contributed by atoms with E-state index >= 15 is 0 Å². The second kappa shape index (κ2) is 2.94. The molecular weight excluding hydrogens is 198 g/mol. The zero-order valence-corrected chi connectivity index (χ0v) is 8.26. The van der Waals surface area contributed by atoms with Crippen molar-refractivity contribution in [2.24, 2.45) is 14.1 Å². The van der Waals surface area contributed by atoms with Crippen molar-refractivity contribution in [2.45, 2.75) is 0 Å². The monoisotopic (exact) mass is 207 g/mol. The van der Waals surface area contributed by atoms with Crippen molar-refractivity contribution in [3.63, 3.8) is 0 Å². The Hall–Kier alpha value is -2.11. The highest BCUT2D eigenvalue weighted by atomic mass is 16.4. The van der Waals surface area contributed by atoms with E-state index in [1.165, 1.54) is 17.1 Å². The molecule has 6 heteroatoms. The minimum Gasteiger partial charge on any atom is -0.477 e. The molecule has 0 bridgehead atoms. The Morgan fingerprint density at radius 2 is 2.13 bits per heavy atom. The summed E-state index contributed by atoms with van der Waals surface area (Å²) in [5.74, 6) is -1.22. The number of carboxylic acid groups (broad SMARTS) is 1. The van der Waals surface area contributed by atoms with Crippen molar-refractivity contribution in [2.75, 3.05) is 0 Å². The molecule has 0 spiro atoms. The number of rotatable bonds is 1. The topological polar surface area (TPSA) is 77.1 Å². The second-order valence-corrected chi connectivity index (χ2v) is 3.29. The molecule has 0 aliphatic carbocycles. The fourth-order valence-electron chi connectivity index (χ4n) is 1.62. The first-order valence-corrected chi connectivity index (χ1v) is 4.27. The summed E-state index contributed by atoms with van der Waals surface area (Å²) in [6, 6.07) is 0. The number of aromatic nitrogens is 3. The van der Waals surface area contributed by atoms with Crippen LogP contribution in [0.4, 0.5) is 0 Å². The molecule has 2 aromatic heterocycles. The van der Waals surface area contributed by atoms with Crippen molar-refractivity contribution in [1.29, 1.82) is 0 Å². The molecule has 2 rings (SSSR count). The largest absolute Gasteiger partial charge is 0.477 e. The van der Waals surface area contributed by atoms with Gasteiger partial charge in [0, 0.05) is 20.3 Å². The molecule has 1 N–H and O–H groups in total. The molecule has 0 unspecified atom stereocenters. The summed E-state index contributed by atoms with van der Waals surface area (Å²) in [5, 5.41) is 13.1. The first-order chi connectivity index (χ1) is 7.02. The van der Waals surface area contributed by atoms with Crippen LogP contribution in [-0.4, -0.2) is 25.4 Å². The van der Waals surface area contributed by atoms with Crippen molar-refractivity contribution in [3.05, 3.63) is 28.2 Å². The Kier molecular flexibility index (Phi) is 1.85. The van der Waals surface area contributed by atoms with Gasteiger partial charge in [0.25, 0.3) is 0 Å². The van der Waals surface area contributed by atoms with Crippen molar-refractivity contribution in [1.82, 2.24) is 14.3 Å². The Morgan fingerprint density at radius 1 is 1.47 bits per heavy atom. The van der Waals surface area contributed by atoms with Crippen molar-refractivity contribution >= 4 is 17.0 Å². The molecule has 78 valence electrons. The molecule has 15 heavy (non-hydrogen) atoms. The smallest absolute Gasteiger partial charge is 0.341 e. The third-order valence-corrected chi connectivity index (χ3v) is 2.28. The lowest BCUT2D eigenvalue weighted by Gasteiger charge is -2.04. The van der Waals surface area contributed by atoms with E-state index in [1.807, 2.05) is 0 Å². The Bertz CT molecular complexity index is 609. The molecule has 0 aliphatic rings. The van der Waals surface area contributed by atoms with Crippen LogP contribution in [0.3, 0.4) is 0 Å². The number of aromatic carboxylic acids is 1. The quantitative estimate of drug-likeness (QED) is 0.712. The predicted octanol–water partition coefficient (Wildman–Crippen LogP) is -0.0298. The number of fused-ring (bicyclic) bond motifs is 1. The van der Waals surface area contributed by atoms with Crippen LogP contribution in [0.5, 0.6) is 0 Å². The highest BCUT2D eigenvalue weighted by Crippen LogP contribution is 2.08. The Labute approximate surface area is 84.4 Å². The van der Waals surface area contributed by atoms with E-state index in [1.54, 1.807) is 18.7 Å². The van der Waals surface area contributed by atoms with Gasteiger partial charge in [-0.25, -0.2) is 4.79 Å². The van der Waals surface area contributed by atoms with Gasteiger partial charge in [-0.3, -0.25) is 9.48 Å². The van der Waals surface area contributed by atoms with E-state index in [9.17, 15) is 9.59 Å². The van der Waals surface area contributed by atoms with Gasteiger partial charge in [0.2, 0.25) is 5.43 Å². The van der Waals surface area contributed by atoms with Crippen LogP contribution in [0.1, 0.15) is 10.4 Å². The summed E-state index contributed by atoms with van der Waals surface area (Å²) in [5.41, 5.74) is -0.133. The molecule has 0 radical (unpaired) electrons. The zero-order valence-electron chi connectivity index (χ0n) is 8.26. The standard InChI is InChI=1S/C9H9N3O3/c1-11-4-6(9(14)15)7(13)5-3-10-12(2)8(5)11/h3-4H,1-2H3,(H,14,15). The number of hydrogen-bond donors (Lipinski definition) is 1. The Morgan fingerprint density at radius 3 is 2.73 bits per heavy atom. The molecule has 0 aliphatic heterocycles. The lowest BCUT2D eigenvalue weighted by Crippen LogP contribution is -2.17. The molecule has 0 aromatic carbocycles. The maximum atomic E-state index is 11.7. The molecule has 0 saturated carbocycles. The van der Waals surface area contributed by atoms with Crippen LogP contribution in [0.2, 0.25) is 0 Å². The normalized spacial score (nSPS) is 10.8. The van der Waals surface area contributed by atoms with Crippen LogP contribution in [0, 0.1) is 0 Å². The molecule has 0 amide bonds. The van der Waals surface area contributed by atoms with E-state index in [0.29, 0.717) is 11.0 Å². The fraction of sp³-hybridized carbons (Fsp3) is 0.222. The van der Waals surface area contributed by atoms with Gasteiger partial charge in [-0.2, -0.15) is 5.10 Å². The first kappa shape index (κ1) is 9.45. The number of aryl methyl sites for hydroxylation is 2. The van der Waals surface area contributed by atoms with E-state index < -0.39 is 11.4 Å². The maximum absolute atomic E-state index is 11.7. The van der Waals surface area contributed by atoms with Crippen LogP contribution in [0.25, 0.3) is 11.0 Å². The summed E-state index contributed by atoms with van der Waals surface area (Å²) in [6.07, 6.45) is 2.68. The SMILES string of the molecule is Cn1cc(C(=O)O)c(=O)c2cnn(C)c21. The Balaban J connectivity index is 2.99. The average Bonchev–Trinajstić information content (AvgIpc) is 2.54. The van der Waals surface area contributed by atoms with Gasteiger partial charge >= 0.3 is 5.97 Å². The number of pyridine rings is 1. The van der Waals surface area contributed by atoms with Gasteiger partial charge in [0.05, 0.1) is 11.6 Å². The van der Waals surface area contributed by atoms with Crippen LogP contribution < -0.4 is 5.43 Å². The van der Waals surface area contributed by atoms with E-state index in [-0.39, 0.29) is 5.56 Å². The molecule has 0 fully saturated rings. The van der Waals surface area contributed by atoms with Crippen LogP contribution in [-0.2, 0) is 14.1 Å². The van der Waals surface area contributed by atoms with Gasteiger partial charge in [-0.1, -0.05) is 0 Å². The summed E-state index contributed by atoms with van der Waals surface area (Å²) < 4.78 is 3.11. The summed E-state index contributed by atoms with van der Waals surface area (Å²) >= 11 is 0. The minimum absolute atomic E-state index is 0.238. The van der Waals surface area contributed by atoms with Crippen molar-refractivity contribution in [3.8, 4) is 0 Å². The minimum atomic E-state index is -1.22. The van der Waals surface area contributed by atoms with Crippen molar-refractivity contribution < 1.29 is 9.90 Å². The second-order valence-electron chi connectivity index (χ2n) is 3.29. The van der Waals surface area contributed by atoms with Gasteiger partial charge in [0.15, 0.2) is 0 Å². The van der Waals surface area contributed by atoms with Crippen LogP contribution >= 0.6 is 0 Å². The van der Waals surface area contributed by atoms with E-state index in [0.717, 1.165) is 0 Å². The zero-order chi connectivity index (χ0) is 11.2. The van der Waals surface area contributed by atoms with E-state index in [2.05, 4.69) is 5.10 Å². The third-order valence-electron chi connectivity index (χ3n) is 2.28. The average molecular weight is 207 g/mol. The first-order valence-electron chi connectivity index (χ1n) is 4.27. The summed E-state index contributed by atoms with van der Waals surface area (Å²) in [4.78, 5) is 22.5. The van der Waals surface area contributed by atoms with E-state index in [4.69, 9.17) is 5.11 Å². The summed E-state index contributed by atoms with van der Waals surface area (Å²) in [6.45, 7) is 0. The predicted molar refractivity (Wildman–Crippen MR) is 52.9 cm³/mol. The molecule has 2 aromatic rings. The molecule has 0 atom stereocenters. The number of carbonyl (C=O) groups is 1. The third kappa shape index (κ3) is 1.22. The highest BCUT2D eigenvalue weighted by Gasteiger charge is 2.15. The van der Waals surface area contributed by atoms with Gasteiger partial charge in [-0.15, -0.1) is 0 Å². The molecule has 6 nitrogen and oxygen atoms in total. The number of carboxylic acids is 1. The van der Waals surface area contributed by atoms with Gasteiger partial charge in [-0.05, 0) is 0 Å². The van der Waals surface area contributed by atoms with Gasteiger partial charge < -0.3 is 9.67 Å². The maximum Gasteiger partial charge on any atom is 0.341 e. The van der Waals surface area contributed by atoms with Gasteiger partial charge in [0.1, 0.15) is 11.2 Å². The molecule has 0 saturated heterocycles. The highest BCUT2D eigenvalue weighted by molar-refractivity contribution is 5.91. The molecule has 2 heterocycles. The van der Waals surface area contributed by atoms with Crippen LogP contribution in [0.15, 0.2) is 17.2 Å².